The van der Waals surface area contributed by atoms with E-state index in [1.165, 1.54) is 0 Å². The SMILES string of the molecule is CNc1ccc(/C=C/c2ccc3ccccc3n2)c(N)c1. The largest absolute Gasteiger partial charge is 0.398 e. The summed E-state index contributed by atoms with van der Waals surface area (Å²) >= 11 is 0. The zero-order valence-electron chi connectivity index (χ0n) is 11.9. The van der Waals surface area contributed by atoms with Crippen LogP contribution in [0.25, 0.3) is 23.1 Å². The molecule has 0 aliphatic heterocycles. The summed E-state index contributed by atoms with van der Waals surface area (Å²) in [4.78, 5) is 4.61. The predicted molar refractivity (Wildman–Crippen MR) is 91.1 cm³/mol. The lowest BCUT2D eigenvalue weighted by Crippen LogP contribution is -1.93. The van der Waals surface area contributed by atoms with Crippen LogP contribution in [0.1, 0.15) is 11.3 Å². The maximum atomic E-state index is 6.04. The van der Waals surface area contributed by atoms with Crippen LogP contribution in [0.15, 0.2) is 54.6 Å². The number of rotatable bonds is 3. The Morgan fingerprint density at radius 2 is 1.86 bits per heavy atom. The first-order valence-electron chi connectivity index (χ1n) is 6.87. The Bertz CT molecular complexity index is 806. The Morgan fingerprint density at radius 3 is 2.67 bits per heavy atom. The second kappa shape index (κ2) is 5.67. The zero-order chi connectivity index (χ0) is 14.7. The van der Waals surface area contributed by atoms with Gasteiger partial charge < -0.3 is 11.1 Å². The van der Waals surface area contributed by atoms with Crippen LogP contribution in [0.3, 0.4) is 0 Å². The normalized spacial score (nSPS) is 11.1. The summed E-state index contributed by atoms with van der Waals surface area (Å²) in [6.07, 6.45) is 3.98. The highest BCUT2D eigenvalue weighted by Crippen LogP contribution is 2.20. The van der Waals surface area contributed by atoms with Gasteiger partial charge in [0.2, 0.25) is 0 Å². The van der Waals surface area contributed by atoms with Gasteiger partial charge in [-0.15, -0.1) is 0 Å². The fraction of sp³-hybridized carbons (Fsp3) is 0.0556. The van der Waals surface area contributed by atoms with E-state index in [1.54, 1.807) is 0 Å². The topological polar surface area (TPSA) is 50.9 Å². The Balaban J connectivity index is 1.90. The highest BCUT2D eigenvalue weighted by Gasteiger charge is 1.98. The van der Waals surface area contributed by atoms with Crippen molar-refractivity contribution in [2.45, 2.75) is 0 Å². The van der Waals surface area contributed by atoms with Crippen LogP contribution in [0.5, 0.6) is 0 Å². The number of nitrogen functional groups attached to an aromatic ring is 1. The van der Waals surface area contributed by atoms with Crippen molar-refractivity contribution in [2.24, 2.45) is 0 Å². The lowest BCUT2D eigenvalue weighted by Gasteiger charge is -2.04. The molecule has 0 bridgehead atoms. The molecule has 0 saturated heterocycles. The van der Waals surface area contributed by atoms with Crippen LogP contribution >= 0.6 is 0 Å². The smallest absolute Gasteiger partial charge is 0.0709 e. The van der Waals surface area contributed by atoms with Crippen molar-refractivity contribution in [1.82, 2.24) is 4.98 Å². The number of anilines is 2. The molecule has 0 saturated carbocycles. The minimum atomic E-state index is 0.749. The number of nitrogens with one attached hydrogen (secondary N) is 1. The van der Waals surface area contributed by atoms with E-state index < -0.39 is 0 Å². The molecule has 0 atom stereocenters. The third-order valence-electron chi connectivity index (χ3n) is 3.43. The van der Waals surface area contributed by atoms with Crippen molar-refractivity contribution in [1.29, 1.82) is 0 Å². The number of fused-ring (bicyclic) bond motifs is 1. The van der Waals surface area contributed by atoms with Crippen LogP contribution in [-0.4, -0.2) is 12.0 Å². The molecule has 3 heteroatoms. The number of hydrogen-bond acceptors (Lipinski definition) is 3. The van der Waals surface area contributed by atoms with Gasteiger partial charge in [-0.05, 0) is 35.9 Å². The molecule has 2 aromatic carbocycles. The molecule has 3 aromatic rings. The first-order chi connectivity index (χ1) is 10.3. The zero-order valence-corrected chi connectivity index (χ0v) is 11.9. The fourth-order valence-electron chi connectivity index (χ4n) is 2.23. The highest BCUT2D eigenvalue weighted by molar-refractivity contribution is 5.82. The fourth-order valence-corrected chi connectivity index (χ4v) is 2.23. The van der Waals surface area contributed by atoms with Gasteiger partial charge in [-0.1, -0.05) is 36.4 Å². The van der Waals surface area contributed by atoms with Crippen molar-refractivity contribution < 1.29 is 0 Å². The van der Waals surface area contributed by atoms with Crippen LogP contribution < -0.4 is 11.1 Å². The Labute approximate surface area is 124 Å². The number of nitrogens with zero attached hydrogens (tertiary/aromatic N) is 1. The van der Waals surface area contributed by atoms with Gasteiger partial charge in [-0.2, -0.15) is 0 Å². The predicted octanol–water partition coefficient (Wildman–Crippen LogP) is 4.03. The lowest BCUT2D eigenvalue weighted by atomic mass is 10.1. The number of hydrogen-bond donors (Lipinski definition) is 2. The monoisotopic (exact) mass is 275 g/mol. The summed E-state index contributed by atoms with van der Waals surface area (Å²) in [7, 11) is 1.88. The minimum absolute atomic E-state index is 0.749. The van der Waals surface area contributed by atoms with E-state index in [0.29, 0.717) is 0 Å². The van der Waals surface area contributed by atoms with Crippen molar-refractivity contribution >= 4 is 34.4 Å². The quantitative estimate of drug-likeness (QED) is 0.710. The van der Waals surface area contributed by atoms with Crippen LogP contribution in [0.4, 0.5) is 11.4 Å². The second-order valence-corrected chi connectivity index (χ2v) is 4.86. The molecule has 0 fully saturated rings. The number of para-hydroxylation sites is 1. The molecule has 1 heterocycles. The molecule has 0 aliphatic rings. The first-order valence-corrected chi connectivity index (χ1v) is 6.87. The van der Waals surface area contributed by atoms with E-state index in [0.717, 1.165) is 33.5 Å². The average molecular weight is 275 g/mol. The van der Waals surface area contributed by atoms with Gasteiger partial charge in [0.15, 0.2) is 0 Å². The van der Waals surface area contributed by atoms with Gasteiger partial charge in [-0.25, -0.2) is 4.98 Å². The van der Waals surface area contributed by atoms with Gasteiger partial charge in [0.25, 0.3) is 0 Å². The average Bonchev–Trinajstić information content (AvgIpc) is 2.53. The van der Waals surface area contributed by atoms with E-state index in [9.17, 15) is 0 Å². The molecule has 0 radical (unpaired) electrons. The molecule has 0 unspecified atom stereocenters. The number of aromatic nitrogens is 1. The van der Waals surface area contributed by atoms with Crippen LogP contribution in [0.2, 0.25) is 0 Å². The summed E-state index contributed by atoms with van der Waals surface area (Å²) in [5.41, 5.74) is 10.7. The van der Waals surface area contributed by atoms with Gasteiger partial charge in [0, 0.05) is 23.8 Å². The minimum Gasteiger partial charge on any atom is -0.398 e. The van der Waals surface area contributed by atoms with Gasteiger partial charge in [0.1, 0.15) is 0 Å². The summed E-state index contributed by atoms with van der Waals surface area (Å²) in [5, 5.41) is 4.22. The molecule has 3 nitrogen and oxygen atoms in total. The van der Waals surface area contributed by atoms with E-state index in [2.05, 4.69) is 22.4 Å². The highest BCUT2D eigenvalue weighted by atomic mass is 14.8. The molecule has 0 spiro atoms. The molecule has 0 aliphatic carbocycles. The van der Waals surface area contributed by atoms with Crippen LogP contribution in [-0.2, 0) is 0 Å². The molecule has 3 rings (SSSR count). The summed E-state index contributed by atoms with van der Waals surface area (Å²) in [6, 6.07) is 18.1. The second-order valence-electron chi connectivity index (χ2n) is 4.86. The molecular formula is C18H17N3. The molecule has 21 heavy (non-hydrogen) atoms. The third kappa shape index (κ3) is 2.87. The molecule has 1 aromatic heterocycles. The number of nitrogens with two attached hydrogens (primary N) is 1. The first kappa shape index (κ1) is 13.2. The Morgan fingerprint density at radius 1 is 1.00 bits per heavy atom. The van der Waals surface area contributed by atoms with Gasteiger partial charge >= 0.3 is 0 Å². The summed E-state index contributed by atoms with van der Waals surface area (Å²) < 4.78 is 0. The van der Waals surface area contributed by atoms with Crippen LogP contribution in [0, 0.1) is 0 Å². The maximum Gasteiger partial charge on any atom is 0.0709 e. The van der Waals surface area contributed by atoms with Gasteiger partial charge in [-0.3, -0.25) is 0 Å². The number of pyridine rings is 1. The Kier molecular flexibility index (Phi) is 3.56. The third-order valence-corrected chi connectivity index (χ3v) is 3.43. The Hall–Kier alpha value is -2.81. The standard InChI is InChI=1S/C18H17N3/c1-20-16-11-7-13(17(19)12-16)6-9-15-10-8-14-4-2-3-5-18(14)21-15/h2-12,20H,19H2,1H3/b9-6+. The molecule has 3 N–H and O–H groups in total. The molecular weight excluding hydrogens is 258 g/mol. The van der Waals surface area contributed by atoms with Crippen molar-refractivity contribution in [2.75, 3.05) is 18.1 Å². The van der Waals surface area contributed by atoms with Gasteiger partial charge in [0.05, 0.1) is 11.2 Å². The molecule has 0 amide bonds. The summed E-state index contributed by atoms with van der Waals surface area (Å²) in [5.74, 6) is 0. The maximum absolute atomic E-state index is 6.04. The van der Waals surface area contributed by atoms with E-state index >= 15 is 0 Å². The molecule has 104 valence electrons. The van der Waals surface area contributed by atoms with E-state index in [4.69, 9.17) is 5.73 Å². The van der Waals surface area contributed by atoms with Crippen molar-refractivity contribution in [3.8, 4) is 0 Å². The lowest BCUT2D eigenvalue weighted by molar-refractivity contribution is 1.37. The van der Waals surface area contributed by atoms with E-state index in [1.807, 2.05) is 61.7 Å². The summed E-state index contributed by atoms with van der Waals surface area (Å²) in [6.45, 7) is 0. The van der Waals surface area contributed by atoms with Crippen molar-refractivity contribution in [3.05, 3.63) is 65.9 Å². The number of benzene rings is 2. The van der Waals surface area contributed by atoms with E-state index in [-0.39, 0.29) is 0 Å². The van der Waals surface area contributed by atoms with Crippen molar-refractivity contribution in [3.63, 3.8) is 0 Å².